The molecule has 0 radical (unpaired) electrons. The van der Waals surface area contributed by atoms with Crippen LogP contribution >= 0.6 is 0 Å². The number of nitrogens with one attached hydrogen (secondary N) is 1. The fraction of sp³-hybridized carbons (Fsp3) is 0.278. The summed E-state index contributed by atoms with van der Waals surface area (Å²) in [6, 6.07) is 11.2. The van der Waals surface area contributed by atoms with Crippen LogP contribution in [0.15, 0.2) is 45.4 Å². The molecular weight excluding hydrogens is 338 g/mol. The van der Waals surface area contributed by atoms with Gasteiger partial charge < -0.3 is 19.2 Å². The minimum Gasteiger partial charge on any atom is -0.486 e. The number of aromatic nitrogens is 2. The highest BCUT2D eigenvalue weighted by atomic mass is 16.6. The fourth-order valence-corrected chi connectivity index (χ4v) is 2.26. The van der Waals surface area contributed by atoms with Crippen LogP contribution in [0.2, 0.25) is 0 Å². The van der Waals surface area contributed by atoms with Gasteiger partial charge in [0, 0.05) is 5.56 Å². The third-order valence-corrected chi connectivity index (χ3v) is 3.54. The molecule has 1 N–H and O–H groups in total. The molecule has 2 aromatic heterocycles. The fourth-order valence-electron chi connectivity index (χ4n) is 2.26. The highest BCUT2D eigenvalue weighted by Crippen LogP contribution is 2.17. The van der Waals surface area contributed by atoms with Crippen LogP contribution in [0.5, 0.6) is 11.6 Å². The van der Waals surface area contributed by atoms with E-state index in [0.29, 0.717) is 23.9 Å². The van der Waals surface area contributed by atoms with Crippen molar-refractivity contribution in [1.82, 2.24) is 15.6 Å². The Hall–Kier alpha value is -3.29. The SMILES string of the molecule is Cc1cc(COc2ccccc2)oc1C(=O)NCCOc1nonc1C. The summed E-state index contributed by atoms with van der Waals surface area (Å²) in [4.78, 5) is 12.2. The number of hydrogen-bond donors (Lipinski definition) is 1. The molecule has 136 valence electrons. The van der Waals surface area contributed by atoms with E-state index in [1.807, 2.05) is 37.3 Å². The maximum atomic E-state index is 12.2. The number of furan rings is 1. The van der Waals surface area contributed by atoms with Gasteiger partial charge >= 0.3 is 0 Å². The molecule has 3 aromatic rings. The summed E-state index contributed by atoms with van der Waals surface area (Å²) in [5.41, 5.74) is 1.30. The zero-order chi connectivity index (χ0) is 18.4. The molecule has 0 spiro atoms. The lowest BCUT2D eigenvalue weighted by atomic mass is 10.2. The van der Waals surface area contributed by atoms with Crippen molar-refractivity contribution in [2.45, 2.75) is 20.5 Å². The number of nitrogens with zero attached hydrogens (tertiary/aromatic N) is 2. The number of carbonyl (C=O) groups excluding carboxylic acids is 1. The number of aryl methyl sites for hydroxylation is 2. The van der Waals surface area contributed by atoms with Crippen LogP contribution in [-0.2, 0) is 6.61 Å². The van der Waals surface area contributed by atoms with Gasteiger partial charge in [-0.1, -0.05) is 23.4 Å². The smallest absolute Gasteiger partial charge is 0.287 e. The molecule has 0 aliphatic carbocycles. The number of benzene rings is 1. The van der Waals surface area contributed by atoms with E-state index in [1.165, 1.54) is 0 Å². The molecule has 0 atom stereocenters. The normalized spacial score (nSPS) is 10.5. The van der Waals surface area contributed by atoms with Gasteiger partial charge in [-0.25, -0.2) is 4.63 Å². The maximum Gasteiger partial charge on any atom is 0.287 e. The van der Waals surface area contributed by atoms with Crippen LogP contribution in [0.3, 0.4) is 0 Å². The Morgan fingerprint density at radius 3 is 2.69 bits per heavy atom. The average molecular weight is 357 g/mol. The standard InChI is InChI=1S/C18H19N3O5/c1-12-10-15(11-24-14-6-4-3-5-7-14)25-16(12)17(22)19-8-9-23-18-13(2)20-26-21-18/h3-7,10H,8-9,11H2,1-2H3,(H,19,22). The molecule has 8 nitrogen and oxygen atoms in total. The Balaban J connectivity index is 1.48. The van der Waals surface area contributed by atoms with Gasteiger partial charge in [0.2, 0.25) is 0 Å². The van der Waals surface area contributed by atoms with Gasteiger partial charge in [0.15, 0.2) is 5.76 Å². The van der Waals surface area contributed by atoms with Crippen molar-refractivity contribution in [3.8, 4) is 11.6 Å². The summed E-state index contributed by atoms with van der Waals surface area (Å²) in [6.45, 7) is 4.31. The predicted molar refractivity (Wildman–Crippen MR) is 91.1 cm³/mol. The molecule has 1 amide bonds. The first-order valence-corrected chi connectivity index (χ1v) is 8.11. The van der Waals surface area contributed by atoms with Crippen LogP contribution in [-0.4, -0.2) is 29.4 Å². The zero-order valence-corrected chi connectivity index (χ0v) is 14.5. The molecule has 0 saturated carbocycles. The summed E-state index contributed by atoms with van der Waals surface area (Å²) in [6.07, 6.45) is 0. The van der Waals surface area contributed by atoms with Gasteiger partial charge in [-0.3, -0.25) is 4.79 Å². The largest absolute Gasteiger partial charge is 0.486 e. The minimum absolute atomic E-state index is 0.241. The van der Waals surface area contributed by atoms with Crippen molar-refractivity contribution in [2.75, 3.05) is 13.2 Å². The number of carbonyl (C=O) groups is 1. The molecule has 26 heavy (non-hydrogen) atoms. The van der Waals surface area contributed by atoms with Gasteiger partial charge in [0.05, 0.1) is 6.54 Å². The van der Waals surface area contributed by atoms with Crippen molar-refractivity contribution >= 4 is 5.91 Å². The number of para-hydroxylation sites is 1. The molecule has 0 aliphatic rings. The first-order chi connectivity index (χ1) is 12.6. The Kier molecular flexibility index (Phi) is 5.52. The molecule has 0 aliphatic heterocycles. The maximum absolute atomic E-state index is 12.2. The zero-order valence-electron chi connectivity index (χ0n) is 14.5. The summed E-state index contributed by atoms with van der Waals surface area (Å²) in [5, 5.41) is 9.94. The van der Waals surface area contributed by atoms with Crippen LogP contribution in [0, 0.1) is 13.8 Å². The van der Waals surface area contributed by atoms with Gasteiger partial charge in [0.1, 0.15) is 30.4 Å². The first-order valence-electron chi connectivity index (χ1n) is 8.11. The lowest BCUT2D eigenvalue weighted by Crippen LogP contribution is -2.28. The van der Waals surface area contributed by atoms with Crippen molar-refractivity contribution in [3.63, 3.8) is 0 Å². The van der Waals surface area contributed by atoms with E-state index in [1.54, 1.807) is 13.0 Å². The summed E-state index contributed by atoms with van der Waals surface area (Å²) >= 11 is 0. The summed E-state index contributed by atoms with van der Waals surface area (Å²) < 4.78 is 21.1. The number of amides is 1. The van der Waals surface area contributed by atoms with Crippen LogP contribution in [0.4, 0.5) is 0 Å². The quantitative estimate of drug-likeness (QED) is 0.619. The van der Waals surface area contributed by atoms with E-state index in [-0.39, 0.29) is 24.9 Å². The van der Waals surface area contributed by atoms with Crippen molar-refractivity contribution in [3.05, 3.63) is 59.2 Å². The first kappa shape index (κ1) is 17.5. The second kappa shape index (κ2) is 8.19. The van der Waals surface area contributed by atoms with Gasteiger partial charge in [0.25, 0.3) is 11.8 Å². The van der Waals surface area contributed by atoms with Crippen molar-refractivity contribution in [2.24, 2.45) is 0 Å². The Morgan fingerprint density at radius 1 is 1.15 bits per heavy atom. The molecule has 2 heterocycles. The predicted octanol–water partition coefficient (Wildman–Crippen LogP) is 2.67. The number of hydrogen-bond acceptors (Lipinski definition) is 7. The van der Waals surface area contributed by atoms with Crippen molar-refractivity contribution in [1.29, 1.82) is 0 Å². The van der Waals surface area contributed by atoms with Crippen molar-refractivity contribution < 1.29 is 23.3 Å². The number of ether oxygens (including phenoxy) is 2. The van der Waals surface area contributed by atoms with E-state index < -0.39 is 0 Å². The van der Waals surface area contributed by atoms with Gasteiger partial charge in [-0.05, 0) is 37.2 Å². The lowest BCUT2D eigenvalue weighted by Gasteiger charge is -2.05. The Morgan fingerprint density at radius 2 is 1.96 bits per heavy atom. The topological polar surface area (TPSA) is 99.6 Å². The van der Waals surface area contributed by atoms with Crippen LogP contribution in [0.25, 0.3) is 0 Å². The van der Waals surface area contributed by atoms with Crippen LogP contribution < -0.4 is 14.8 Å². The lowest BCUT2D eigenvalue weighted by molar-refractivity contribution is 0.0913. The molecule has 3 rings (SSSR count). The van der Waals surface area contributed by atoms with E-state index >= 15 is 0 Å². The summed E-state index contributed by atoms with van der Waals surface area (Å²) in [5.74, 6) is 1.58. The Bertz CT molecular complexity index is 857. The molecule has 0 unspecified atom stereocenters. The number of rotatable bonds is 8. The molecule has 8 heteroatoms. The minimum atomic E-state index is -0.313. The average Bonchev–Trinajstić information content (AvgIpc) is 3.23. The molecule has 1 aromatic carbocycles. The third-order valence-electron chi connectivity index (χ3n) is 3.54. The highest BCUT2D eigenvalue weighted by Gasteiger charge is 2.16. The van der Waals surface area contributed by atoms with E-state index in [0.717, 1.165) is 11.3 Å². The summed E-state index contributed by atoms with van der Waals surface area (Å²) in [7, 11) is 0. The monoisotopic (exact) mass is 357 g/mol. The van der Waals surface area contributed by atoms with E-state index in [4.69, 9.17) is 13.9 Å². The molecule has 0 saturated heterocycles. The van der Waals surface area contributed by atoms with Crippen LogP contribution in [0.1, 0.15) is 27.6 Å². The third kappa shape index (κ3) is 4.41. The second-order valence-electron chi connectivity index (χ2n) is 5.59. The van der Waals surface area contributed by atoms with Gasteiger partial charge in [-0.15, -0.1) is 0 Å². The molecular formula is C18H19N3O5. The highest BCUT2D eigenvalue weighted by molar-refractivity contribution is 5.92. The van der Waals surface area contributed by atoms with E-state index in [2.05, 4.69) is 20.3 Å². The van der Waals surface area contributed by atoms with Gasteiger partial charge in [-0.2, -0.15) is 0 Å². The second-order valence-corrected chi connectivity index (χ2v) is 5.59. The molecule has 0 bridgehead atoms. The van der Waals surface area contributed by atoms with E-state index in [9.17, 15) is 4.79 Å². The Labute approximate surface area is 150 Å². The molecule has 0 fully saturated rings.